The van der Waals surface area contributed by atoms with Crippen LogP contribution in [-0.4, -0.2) is 11.3 Å². The Morgan fingerprint density at radius 2 is 1.33 bits per heavy atom. The Labute approximate surface area is 187 Å². The third kappa shape index (κ3) is 5.29. The number of rotatable bonds is 3. The molecule has 0 bridgehead atoms. The molecule has 0 aromatic heterocycles. The standard InChI is InChI=1S/C20H12F5NO.2ClH.Zr/c1-10-7-8-12(11-5-3-2-4-6-11)20(27)13(10)9-26-19-17(24)15(22)14(21)16(23)18(19)25;;;/h2-9,27H,1H3;2*1H;/q;;;+2/p-2. The Bertz CT molecular complexity index is 1050. The Morgan fingerprint density at radius 3 is 1.87 bits per heavy atom. The minimum atomic E-state index is -2.26. The van der Waals surface area contributed by atoms with Gasteiger partial charge in [-0.2, -0.15) is 0 Å². The molecule has 0 amide bonds. The third-order valence-electron chi connectivity index (χ3n) is 4.03. The summed E-state index contributed by atoms with van der Waals surface area (Å²) in [6.45, 7) is 1.61. The van der Waals surface area contributed by atoms with Gasteiger partial charge in [-0.25, -0.2) is 26.9 Å². The Morgan fingerprint density at radius 1 is 0.833 bits per heavy atom. The zero-order valence-electron chi connectivity index (χ0n) is 15.2. The quantitative estimate of drug-likeness (QED) is 0.163. The number of benzene rings is 3. The van der Waals surface area contributed by atoms with Crippen LogP contribution in [0.2, 0.25) is 0 Å². The van der Waals surface area contributed by atoms with E-state index in [2.05, 4.69) is 4.99 Å². The molecule has 0 saturated heterocycles. The van der Waals surface area contributed by atoms with Crippen molar-refractivity contribution in [2.45, 2.75) is 6.92 Å². The molecule has 0 saturated carbocycles. The summed E-state index contributed by atoms with van der Waals surface area (Å²) in [7, 11) is 9.87. The summed E-state index contributed by atoms with van der Waals surface area (Å²) in [6, 6.07) is 12.1. The van der Waals surface area contributed by atoms with Gasteiger partial charge in [0.15, 0.2) is 23.3 Å². The normalized spacial score (nSPS) is 10.7. The number of aryl methyl sites for hydroxylation is 1. The van der Waals surface area contributed by atoms with Crippen LogP contribution in [0.3, 0.4) is 0 Å². The maximum absolute atomic E-state index is 13.8. The summed E-state index contributed by atoms with van der Waals surface area (Å²) in [5.74, 6) is -10.7. The van der Waals surface area contributed by atoms with Gasteiger partial charge in [-0.05, 0) is 18.1 Å². The monoisotopic (exact) mass is 537 g/mol. The van der Waals surface area contributed by atoms with Crippen molar-refractivity contribution < 1.29 is 47.9 Å². The zero-order valence-corrected chi connectivity index (χ0v) is 19.1. The van der Waals surface area contributed by atoms with Crippen molar-refractivity contribution in [3.63, 3.8) is 0 Å². The third-order valence-corrected chi connectivity index (χ3v) is 4.03. The van der Waals surface area contributed by atoms with E-state index >= 15 is 0 Å². The van der Waals surface area contributed by atoms with Crippen LogP contribution in [0, 0.1) is 36.0 Å². The Kier molecular flexibility index (Phi) is 9.01. The van der Waals surface area contributed by atoms with Crippen molar-refractivity contribution in [2.75, 3.05) is 0 Å². The molecule has 0 aliphatic heterocycles. The van der Waals surface area contributed by atoms with Gasteiger partial charge >= 0.3 is 37.9 Å². The molecule has 0 aliphatic carbocycles. The van der Waals surface area contributed by atoms with E-state index in [1.165, 1.54) is 0 Å². The molecule has 0 radical (unpaired) electrons. The molecule has 30 heavy (non-hydrogen) atoms. The Hall–Kier alpha value is -1.76. The van der Waals surface area contributed by atoms with E-state index in [1.807, 2.05) is 0 Å². The van der Waals surface area contributed by atoms with E-state index in [0.29, 0.717) is 16.7 Å². The number of nitrogens with zero attached hydrogens (tertiary/aromatic N) is 1. The topological polar surface area (TPSA) is 32.6 Å². The average molecular weight is 539 g/mol. The molecule has 3 aromatic carbocycles. The first-order valence-corrected chi connectivity index (χ1v) is 14.5. The summed E-state index contributed by atoms with van der Waals surface area (Å²) in [6.07, 6.45) is 0.870. The summed E-state index contributed by atoms with van der Waals surface area (Å²) in [5, 5.41) is 10.5. The second kappa shape index (κ2) is 11.0. The molecule has 3 aromatic rings. The molecular formula is C20H12Cl2F5NOZr. The first-order chi connectivity index (χ1) is 14.2. The first kappa shape index (κ1) is 24.5. The van der Waals surface area contributed by atoms with Crippen molar-refractivity contribution in [3.8, 4) is 16.9 Å². The van der Waals surface area contributed by atoms with Crippen LogP contribution < -0.4 is 0 Å². The van der Waals surface area contributed by atoms with Crippen LogP contribution in [0.25, 0.3) is 11.1 Å². The zero-order chi connectivity index (χ0) is 22.4. The minimum absolute atomic E-state index is 0.0975. The predicted octanol–water partition coefficient (Wildman–Crippen LogP) is 7.19. The van der Waals surface area contributed by atoms with Gasteiger partial charge < -0.3 is 5.11 Å². The molecular weight excluding hydrogens is 527 g/mol. The molecule has 0 aliphatic rings. The van der Waals surface area contributed by atoms with Crippen LogP contribution in [-0.2, 0) is 20.8 Å². The van der Waals surface area contributed by atoms with Gasteiger partial charge in [0.05, 0.1) is 0 Å². The van der Waals surface area contributed by atoms with Crippen molar-refractivity contribution in [2.24, 2.45) is 4.99 Å². The predicted molar refractivity (Wildman–Crippen MR) is 103 cm³/mol. The van der Waals surface area contributed by atoms with E-state index in [9.17, 15) is 27.1 Å². The van der Waals surface area contributed by atoms with Crippen LogP contribution >= 0.6 is 17.0 Å². The molecule has 0 unspecified atom stereocenters. The second-order valence-corrected chi connectivity index (χ2v) is 9.54. The summed E-state index contributed by atoms with van der Waals surface area (Å²) < 4.78 is 67.2. The molecule has 10 heteroatoms. The summed E-state index contributed by atoms with van der Waals surface area (Å²) >= 11 is -0.826. The maximum atomic E-state index is 13.8. The van der Waals surface area contributed by atoms with E-state index in [-0.39, 0.29) is 11.3 Å². The van der Waals surface area contributed by atoms with Gasteiger partial charge in [0.25, 0.3) is 0 Å². The first-order valence-electron chi connectivity index (χ1n) is 8.14. The van der Waals surface area contributed by atoms with Crippen molar-refractivity contribution in [1.29, 1.82) is 0 Å². The molecule has 2 nitrogen and oxygen atoms in total. The molecule has 156 valence electrons. The van der Waals surface area contributed by atoms with Gasteiger partial charge in [-0.3, -0.25) is 0 Å². The van der Waals surface area contributed by atoms with Crippen LogP contribution in [0.1, 0.15) is 11.1 Å². The average Bonchev–Trinajstić information content (AvgIpc) is 2.74. The van der Waals surface area contributed by atoms with Crippen LogP contribution in [0.4, 0.5) is 27.6 Å². The van der Waals surface area contributed by atoms with Gasteiger partial charge in [0.2, 0.25) is 5.82 Å². The van der Waals surface area contributed by atoms with Crippen molar-refractivity contribution in [3.05, 3.63) is 82.7 Å². The number of aromatic hydroxyl groups is 1. The van der Waals surface area contributed by atoms with Crippen molar-refractivity contribution >= 4 is 28.9 Å². The molecule has 0 spiro atoms. The Balaban J connectivity index is 0.00000101. The van der Waals surface area contributed by atoms with Gasteiger partial charge in [-0.1, -0.05) is 42.5 Å². The number of halogens is 7. The molecule has 0 heterocycles. The van der Waals surface area contributed by atoms with E-state index < -0.39 is 55.6 Å². The number of phenolic OH excluding ortho intramolecular Hbond substituents is 1. The number of phenols is 1. The van der Waals surface area contributed by atoms with Gasteiger partial charge in [0.1, 0.15) is 11.4 Å². The molecule has 0 atom stereocenters. The molecule has 3 rings (SSSR count). The van der Waals surface area contributed by atoms with E-state index in [4.69, 9.17) is 17.0 Å². The fourth-order valence-corrected chi connectivity index (χ4v) is 2.56. The van der Waals surface area contributed by atoms with Gasteiger partial charge in [0, 0.05) is 17.3 Å². The molecule has 0 fully saturated rings. The van der Waals surface area contributed by atoms with Gasteiger partial charge in [-0.15, -0.1) is 0 Å². The SMILES string of the molecule is Cc1ccc(-c2ccccc2)c(O)c1C=Nc1c(F)c(F)c(F)c(F)c1F.[Cl][Zr][Cl]. The van der Waals surface area contributed by atoms with Crippen molar-refractivity contribution in [1.82, 2.24) is 0 Å². The van der Waals surface area contributed by atoms with E-state index in [0.717, 1.165) is 6.21 Å². The van der Waals surface area contributed by atoms with Crippen LogP contribution in [0.5, 0.6) is 5.75 Å². The van der Waals surface area contributed by atoms with Crippen LogP contribution in [0.15, 0.2) is 47.5 Å². The fraction of sp³-hybridized carbons (Fsp3) is 0.0500. The second-order valence-electron chi connectivity index (χ2n) is 5.81. The van der Waals surface area contributed by atoms with E-state index in [1.54, 1.807) is 49.4 Å². The summed E-state index contributed by atoms with van der Waals surface area (Å²) in [5.41, 5.74) is 0.386. The number of aliphatic imine (C=N–C) groups is 1. The number of hydrogen-bond donors (Lipinski definition) is 1. The number of hydrogen-bond acceptors (Lipinski definition) is 2. The molecule has 1 N–H and O–H groups in total. The summed E-state index contributed by atoms with van der Waals surface area (Å²) in [4.78, 5) is 3.41. The fourth-order valence-electron chi connectivity index (χ4n) is 2.56.